The SMILES string of the molecule is COCC(=O)N(C)CC(=O)Nc1cc(C)on1. The van der Waals surface area contributed by atoms with Crippen LogP contribution in [0.5, 0.6) is 0 Å². The molecule has 0 aliphatic carbocycles. The molecule has 17 heavy (non-hydrogen) atoms. The van der Waals surface area contributed by atoms with Crippen LogP contribution in [-0.4, -0.2) is 49.2 Å². The molecule has 1 aromatic rings. The van der Waals surface area contributed by atoms with E-state index in [4.69, 9.17) is 4.52 Å². The number of anilines is 1. The van der Waals surface area contributed by atoms with Crippen molar-refractivity contribution in [1.29, 1.82) is 0 Å². The average Bonchev–Trinajstić information content (AvgIpc) is 2.64. The lowest BCUT2D eigenvalue weighted by atomic mass is 10.4. The molecule has 0 atom stereocenters. The number of hydrogen-bond acceptors (Lipinski definition) is 5. The fourth-order valence-corrected chi connectivity index (χ4v) is 1.14. The van der Waals surface area contributed by atoms with Crippen LogP contribution in [-0.2, 0) is 14.3 Å². The molecule has 1 rings (SSSR count). The Bertz CT molecular complexity index is 402. The first kappa shape index (κ1) is 13.2. The molecule has 1 heterocycles. The molecule has 1 N–H and O–H groups in total. The van der Waals surface area contributed by atoms with Crippen molar-refractivity contribution in [1.82, 2.24) is 10.1 Å². The van der Waals surface area contributed by atoms with Crippen molar-refractivity contribution in [2.24, 2.45) is 0 Å². The molecule has 0 aromatic carbocycles. The third kappa shape index (κ3) is 4.23. The minimum absolute atomic E-state index is 0.0488. The van der Waals surface area contributed by atoms with Crippen LogP contribution in [0.15, 0.2) is 10.6 Å². The first-order valence-corrected chi connectivity index (χ1v) is 4.99. The Kier molecular flexibility index (Phi) is 4.65. The van der Waals surface area contributed by atoms with Crippen molar-refractivity contribution in [3.8, 4) is 0 Å². The fraction of sp³-hybridized carbons (Fsp3) is 0.500. The molecule has 0 bridgehead atoms. The second-order valence-electron chi connectivity index (χ2n) is 3.55. The first-order valence-electron chi connectivity index (χ1n) is 4.99. The molecule has 0 spiro atoms. The van der Waals surface area contributed by atoms with E-state index in [0.717, 1.165) is 0 Å². The number of nitrogens with one attached hydrogen (secondary N) is 1. The standard InChI is InChI=1S/C10H15N3O4/c1-7-4-8(12-17-7)11-9(14)5-13(2)10(15)6-16-3/h4H,5-6H2,1-3H3,(H,11,12,14). The molecule has 0 fully saturated rings. The van der Waals surface area contributed by atoms with Gasteiger partial charge in [0.2, 0.25) is 11.8 Å². The quantitative estimate of drug-likeness (QED) is 0.786. The summed E-state index contributed by atoms with van der Waals surface area (Å²) in [5, 5.41) is 6.12. The van der Waals surface area contributed by atoms with E-state index in [1.54, 1.807) is 13.0 Å². The lowest BCUT2D eigenvalue weighted by Crippen LogP contribution is -2.36. The van der Waals surface area contributed by atoms with E-state index >= 15 is 0 Å². The van der Waals surface area contributed by atoms with Crippen LogP contribution in [0.2, 0.25) is 0 Å². The molecular formula is C10H15N3O4. The summed E-state index contributed by atoms with van der Waals surface area (Å²) < 4.78 is 9.47. The summed E-state index contributed by atoms with van der Waals surface area (Å²) in [6.45, 7) is 1.61. The zero-order valence-electron chi connectivity index (χ0n) is 10.0. The van der Waals surface area contributed by atoms with Crippen molar-refractivity contribution < 1.29 is 18.8 Å². The molecule has 0 radical (unpaired) electrons. The number of aryl methyl sites for hydroxylation is 1. The lowest BCUT2D eigenvalue weighted by molar-refractivity contribution is -0.136. The maximum absolute atomic E-state index is 11.5. The molecule has 0 aliphatic rings. The number of hydrogen-bond donors (Lipinski definition) is 1. The molecule has 7 heteroatoms. The number of likely N-dealkylation sites (N-methyl/N-ethyl adjacent to an activating group) is 1. The van der Waals surface area contributed by atoms with Crippen LogP contribution in [0.3, 0.4) is 0 Å². The van der Waals surface area contributed by atoms with Crippen LogP contribution in [0.25, 0.3) is 0 Å². The average molecular weight is 241 g/mol. The van der Waals surface area contributed by atoms with Gasteiger partial charge in [-0.2, -0.15) is 0 Å². The van der Waals surface area contributed by atoms with Crippen LogP contribution in [0.1, 0.15) is 5.76 Å². The maximum atomic E-state index is 11.5. The van der Waals surface area contributed by atoms with Crippen molar-refractivity contribution in [3.63, 3.8) is 0 Å². The third-order valence-corrected chi connectivity index (χ3v) is 1.97. The van der Waals surface area contributed by atoms with Crippen LogP contribution >= 0.6 is 0 Å². The fourth-order valence-electron chi connectivity index (χ4n) is 1.14. The van der Waals surface area contributed by atoms with Gasteiger partial charge in [0.25, 0.3) is 0 Å². The Hall–Kier alpha value is -1.89. The summed E-state index contributed by atoms with van der Waals surface area (Å²) in [4.78, 5) is 24.1. The number of aromatic nitrogens is 1. The van der Waals surface area contributed by atoms with Gasteiger partial charge < -0.3 is 19.5 Å². The second-order valence-corrected chi connectivity index (χ2v) is 3.55. The molecule has 0 unspecified atom stereocenters. The lowest BCUT2D eigenvalue weighted by Gasteiger charge is -2.15. The van der Waals surface area contributed by atoms with E-state index in [0.29, 0.717) is 11.6 Å². The molecule has 0 saturated heterocycles. The zero-order chi connectivity index (χ0) is 12.8. The van der Waals surface area contributed by atoms with Gasteiger partial charge in [-0.05, 0) is 6.92 Å². The molecule has 1 aromatic heterocycles. The Morgan fingerprint density at radius 3 is 2.82 bits per heavy atom. The van der Waals surface area contributed by atoms with Crippen LogP contribution in [0.4, 0.5) is 5.82 Å². The van der Waals surface area contributed by atoms with Crippen molar-refractivity contribution >= 4 is 17.6 Å². The minimum Gasteiger partial charge on any atom is -0.375 e. The van der Waals surface area contributed by atoms with E-state index in [2.05, 4.69) is 15.2 Å². The van der Waals surface area contributed by atoms with E-state index in [-0.39, 0.29) is 25.0 Å². The van der Waals surface area contributed by atoms with Gasteiger partial charge in [0.1, 0.15) is 12.4 Å². The van der Waals surface area contributed by atoms with E-state index in [9.17, 15) is 9.59 Å². The Morgan fingerprint density at radius 2 is 2.29 bits per heavy atom. The Morgan fingerprint density at radius 1 is 1.59 bits per heavy atom. The molecule has 2 amide bonds. The summed E-state index contributed by atoms with van der Waals surface area (Å²) in [5.74, 6) is 0.327. The van der Waals surface area contributed by atoms with Gasteiger partial charge in [-0.15, -0.1) is 0 Å². The molecule has 0 saturated carbocycles. The molecule has 7 nitrogen and oxygen atoms in total. The second kappa shape index (κ2) is 6.00. The summed E-state index contributed by atoms with van der Waals surface area (Å²) in [5.41, 5.74) is 0. The van der Waals surface area contributed by atoms with Gasteiger partial charge >= 0.3 is 0 Å². The maximum Gasteiger partial charge on any atom is 0.248 e. The topological polar surface area (TPSA) is 84.7 Å². The molecule has 94 valence electrons. The van der Waals surface area contributed by atoms with Crippen LogP contribution < -0.4 is 5.32 Å². The predicted octanol–water partition coefficient (Wildman–Crippen LogP) is 0.0263. The van der Waals surface area contributed by atoms with Gasteiger partial charge in [-0.3, -0.25) is 9.59 Å². The highest BCUT2D eigenvalue weighted by molar-refractivity contribution is 5.93. The first-order chi connectivity index (χ1) is 8.02. The van der Waals surface area contributed by atoms with Gasteiger partial charge in [-0.1, -0.05) is 5.16 Å². The predicted molar refractivity (Wildman–Crippen MR) is 59.4 cm³/mol. The smallest absolute Gasteiger partial charge is 0.248 e. The Labute approximate surface area is 98.7 Å². The number of ether oxygens (including phenoxy) is 1. The van der Waals surface area contributed by atoms with Crippen LogP contribution in [0, 0.1) is 6.92 Å². The number of amides is 2. The largest absolute Gasteiger partial charge is 0.375 e. The number of carbonyl (C=O) groups is 2. The van der Waals surface area contributed by atoms with Gasteiger partial charge in [0.05, 0.1) is 6.54 Å². The molecule has 0 aliphatic heterocycles. The zero-order valence-corrected chi connectivity index (χ0v) is 10.0. The van der Waals surface area contributed by atoms with Gasteiger partial charge in [0, 0.05) is 20.2 Å². The highest BCUT2D eigenvalue weighted by atomic mass is 16.5. The highest BCUT2D eigenvalue weighted by Gasteiger charge is 2.13. The number of methoxy groups -OCH3 is 1. The normalized spacial score (nSPS) is 10.1. The highest BCUT2D eigenvalue weighted by Crippen LogP contribution is 2.06. The summed E-state index contributed by atoms with van der Waals surface area (Å²) >= 11 is 0. The monoisotopic (exact) mass is 241 g/mol. The van der Waals surface area contributed by atoms with Crippen molar-refractivity contribution in [2.75, 3.05) is 32.6 Å². The van der Waals surface area contributed by atoms with E-state index < -0.39 is 0 Å². The molecular weight excluding hydrogens is 226 g/mol. The number of nitrogens with zero attached hydrogens (tertiary/aromatic N) is 2. The van der Waals surface area contributed by atoms with Crippen molar-refractivity contribution in [3.05, 3.63) is 11.8 Å². The summed E-state index contributed by atoms with van der Waals surface area (Å²) in [7, 11) is 2.94. The third-order valence-electron chi connectivity index (χ3n) is 1.97. The summed E-state index contributed by atoms with van der Waals surface area (Å²) in [6, 6.07) is 1.59. The number of rotatable bonds is 5. The van der Waals surface area contributed by atoms with E-state index in [1.807, 2.05) is 0 Å². The summed E-state index contributed by atoms with van der Waals surface area (Å²) in [6.07, 6.45) is 0. The van der Waals surface area contributed by atoms with Gasteiger partial charge in [0.15, 0.2) is 5.82 Å². The van der Waals surface area contributed by atoms with E-state index in [1.165, 1.54) is 19.1 Å². The Balaban J connectivity index is 2.41. The van der Waals surface area contributed by atoms with Gasteiger partial charge in [-0.25, -0.2) is 0 Å². The van der Waals surface area contributed by atoms with Crippen molar-refractivity contribution in [2.45, 2.75) is 6.92 Å². The number of carbonyl (C=O) groups excluding carboxylic acids is 2. The minimum atomic E-state index is -0.342.